The standard InChI is InChI=1S/C15H20ClNO2/c1-11(2)17(8-7-16)15(18)13-9-12-5-3-4-6-14(12)19-10-13/h3-6,11,13H,7-10H2,1-2H3. The predicted molar refractivity (Wildman–Crippen MR) is 76.7 cm³/mol. The van der Waals surface area contributed by atoms with Crippen molar-refractivity contribution in [2.24, 2.45) is 5.92 Å². The summed E-state index contributed by atoms with van der Waals surface area (Å²) in [6.45, 7) is 5.09. The Balaban J connectivity index is 2.09. The molecule has 0 aromatic heterocycles. The third-order valence-corrected chi connectivity index (χ3v) is 3.63. The summed E-state index contributed by atoms with van der Waals surface area (Å²) in [7, 11) is 0. The minimum atomic E-state index is -0.0967. The van der Waals surface area contributed by atoms with Gasteiger partial charge in [0.05, 0.1) is 5.92 Å². The number of hydrogen-bond acceptors (Lipinski definition) is 2. The predicted octanol–water partition coefficient (Wildman–Crippen LogP) is 2.71. The van der Waals surface area contributed by atoms with Crippen molar-refractivity contribution in [1.29, 1.82) is 0 Å². The summed E-state index contributed by atoms with van der Waals surface area (Å²) in [6.07, 6.45) is 0.751. The SMILES string of the molecule is CC(C)N(CCCl)C(=O)C1COc2ccccc2C1. The third kappa shape index (κ3) is 3.21. The van der Waals surface area contributed by atoms with Crippen LogP contribution in [0.3, 0.4) is 0 Å². The zero-order chi connectivity index (χ0) is 13.8. The van der Waals surface area contributed by atoms with Crippen LogP contribution in [0.4, 0.5) is 0 Å². The molecule has 104 valence electrons. The summed E-state index contributed by atoms with van der Waals surface area (Å²) in [4.78, 5) is 14.4. The first-order chi connectivity index (χ1) is 9.13. The lowest BCUT2D eigenvalue weighted by Gasteiger charge is -2.32. The fourth-order valence-electron chi connectivity index (χ4n) is 2.44. The van der Waals surface area contributed by atoms with Crippen molar-refractivity contribution < 1.29 is 9.53 Å². The number of rotatable bonds is 4. The average Bonchev–Trinajstić information content (AvgIpc) is 2.43. The Morgan fingerprint density at radius 3 is 2.89 bits per heavy atom. The van der Waals surface area contributed by atoms with Gasteiger partial charge in [-0.2, -0.15) is 0 Å². The van der Waals surface area contributed by atoms with E-state index >= 15 is 0 Å². The Bertz CT molecular complexity index is 448. The van der Waals surface area contributed by atoms with Crippen LogP contribution >= 0.6 is 11.6 Å². The summed E-state index contributed by atoms with van der Waals surface area (Å²) in [5.74, 6) is 1.42. The number of carbonyl (C=O) groups is 1. The van der Waals surface area contributed by atoms with Gasteiger partial charge in [0, 0.05) is 18.5 Å². The summed E-state index contributed by atoms with van der Waals surface area (Å²) in [5.41, 5.74) is 1.11. The van der Waals surface area contributed by atoms with Crippen LogP contribution in [0.25, 0.3) is 0 Å². The van der Waals surface area contributed by atoms with Crippen LogP contribution in [0.1, 0.15) is 19.4 Å². The Kier molecular flexibility index (Phi) is 4.70. The van der Waals surface area contributed by atoms with Crippen LogP contribution in [0.2, 0.25) is 0 Å². The Morgan fingerprint density at radius 1 is 1.47 bits per heavy atom. The quantitative estimate of drug-likeness (QED) is 0.794. The molecule has 4 heteroatoms. The molecular weight excluding hydrogens is 262 g/mol. The molecule has 0 N–H and O–H groups in total. The summed E-state index contributed by atoms with van der Waals surface area (Å²) in [5, 5.41) is 0. The van der Waals surface area contributed by atoms with Gasteiger partial charge in [0.2, 0.25) is 5.91 Å². The minimum absolute atomic E-state index is 0.0967. The van der Waals surface area contributed by atoms with Gasteiger partial charge in [-0.15, -0.1) is 11.6 Å². The molecule has 1 heterocycles. The van der Waals surface area contributed by atoms with Gasteiger partial charge in [-0.3, -0.25) is 4.79 Å². The zero-order valence-corrected chi connectivity index (χ0v) is 12.2. The van der Waals surface area contributed by atoms with E-state index in [9.17, 15) is 4.79 Å². The number of halogens is 1. The van der Waals surface area contributed by atoms with Gasteiger partial charge < -0.3 is 9.64 Å². The molecule has 0 fully saturated rings. The van der Waals surface area contributed by atoms with Crippen molar-refractivity contribution in [2.75, 3.05) is 19.0 Å². The first-order valence-corrected chi connectivity index (χ1v) is 7.24. The second-order valence-corrected chi connectivity index (χ2v) is 5.51. The molecular formula is C15H20ClNO2. The van der Waals surface area contributed by atoms with Gasteiger partial charge in [-0.25, -0.2) is 0 Å². The normalized spacial score (nSPS) is 17.8. The van der Waals surface area contributed by atoms with Gasteiger partial charge >= 0.3 is 0 Å². The monoisotopic (exact) mass is 281 g/mol. The van der Waals surface area contributed by atoms with E-state index in [-0.39, 0.29) is 17.9 Å². The van der Waals surface area contributed by atoms with Crippen molar-refractivity contribution in [3.8, 4) is 5.75 Å². The Morgan fingerprint density at radius 2 is 2.21 bits per heavy atom. The molecule has 1 aliphatic rings. The Hall–Kier alpha value is -1.22. The van der Waals surface area contributed by atoms with E-state index < -0.39 is 0 Å². The number of alkyl halides is 1. The van der Waals surface area contributed by atoms with Crippen LogP contribution in [0, 0.1) is 5.92 Å². The highest BCUT2D eigenvalue weighted by Gasteiger charge is 2.30. The van der Waals surface area contributed by atoms with E-state index in [4.69, 9.17) is 16.3 Å². The fourth-order valence-corrected chi connectivity index (χ4v) is 2.62. The molecule has 1 aromatic carbocycles. The molecule has 2 rings (SSSR count). The number of amides is 1. The van der Waals surface area contributed by atoms with E-state index in [0.29, 0.717) is 19.0 Å². The zero-order valence-electron chi connectivity index (χ0n) is 11.4. The van der Waals surface area contributed by atoms with Crippen molar-refractivity contribution in [1.82, 2.24) is 4.90 Å². The van der Waals surface area contributed by atoms with E-state index in [2.05, 4.69) is 0 Å². The van der Waals surface area contributed by atoms with Gasteiger partial charge in [0.25, 0.3) is 0 Å². The number of ether oxygens (including phenoxy) is 1. The van der Waals surface area contributed by atoms with Gasteiger partial charge in [0.15, 0.2) is 0 Å². The van der Waals surface area contributed by atoms with Crippen molar-refractivity contribution in [2.45, 2.75) is 26.3 Å². The van der Waals surface area contributed by atoms with Crippen molar-refractivity contribution in [3.05, 3.63) is 29.8 Å². The maximum absolute atomic E-state index is 12.5. The maximum Gasteiger partial charge on any atom is 0.229 e. The van der Waals surface area contributed by atoms with Crippen LogP contribution in [-0.2, 0) is 11.2 Å². The number of para-hydroxylation sites is 1. The number of hydrogen-bond donors (Lipinski definition) is 0. The number of benzene rings is 1. The highest BCUT2D eigenvalue weighted by molar-refractivity contribution is 6.18. The fraction of sp³-hybridized carbons (Fsp3) is 0.533. The molecule has 1 amide bonds. The topological polar surface area (TPSA) is 29.5 Å². The molecule has 1 unspecified atom stereocenters. The highest BCUT2D eigenvalue weighted by atomic mass is 35.5. The second-order valence-electron chi connectivity index (χ2n) is 5.13. The van der Waals surface area contributed by atoms with E-state index in [1.54, 1.807) is 0 Å². The summed E-state index contributed by atoms with van der Waals surface area (Å²) in [6, 6.07) is 8.08. The van der Waals surface area contributed by atoms with Crippen LogP contribution < -0.4 is 4.74 Å². The number of carbonyl (C=O) groups excluding carboxylic acids is 1. The molecule has 1 atom stereocenters. The molecule has 19 heavy (non-hydrogen) atoms. The molecule has 0 spiro atoms. The highest BCUT2D eigenvalue weighted by Crippen LogP contribution is 2.28. The molecule has 1 aromatic rings. The lowest BCUT2D eigenvalue weighted by atomic mass is 9.95. The van der Waals surface area contributed by atoms with Crippen molar-refractivity contribution in [3.63, 3.8) is 0 Å². The van der Waals surface area contributed by atoms with E-state index in [0.717, 1.165) is 17.7 Å². The van der Waals surface area contributed by atoms with Gasteiger partial charge in [-0.05, 0) is 31.9 Å². The number of nitrogens with zero attached hydrogens (tertiary/aromatic N) is 1. The van der Waals surface area contributed by atoms with E-state index in [1.807, 2.05) is 43.0 Å². The van der Waals surface area contributed by atoms with Gasteiger partial charge in [-0.1, -0.05) is 18.2 Å². The molecule has 0 bridgehead atoms. The van der Waals surface area contributed by atoms with Crippen molar-refractivity contribution >= 4 is 17.5 Å². The molecule has 0 radical (unpaired) electrons. The average molecular weight is 282 g/mol. The Labute approximate surface area is 119 Å². The van der Waals surface area contributed by atoms with Gasteiger partial charge in [0.1, 0.15) is 12.4 Å². The molecule has 0 aliphatic carbocycles. The molecule has 0 saturated carbocycles. The van der Waals surface area contributed by atoms with Crippen LogP contribution in [-0.4, -0.2) is 35.9 Å². The maximum atomic E-state index is 12.5. The van der Waals surface area contributed by atoms with Crippen LogP contribution in [0.15, 0.2) is 24.3 Å². The molecule has 0 saturated heterocycles. The lowest BCUT2D eigenvalue weighted by molar-refractivity contribution is -0.138. The minimum Gasteiger partial charge on any atom is -0.492 e. The molecule has 3 nitrogen and oxygen atoms in total. The first kappa shape index (κ1) is 14.2. The summed E-state index contributed by atoms with van der Waals surface area (Å²) < 4.78 is 5.68. The summed E-state index contributed by atoms with van der Waals surface area (Å²) >= 11 is 5.78. The third-order valence-electron chi connectivity index (χ3n) is 3.46. The van der Waals surface area contributed by atoms with Crippen LogP contribution in [0.5, 0.6) is 5.75 Å². The molecule has 1 aliphatic heterocycles. The largest absolute Gasteiger partial charge is 0.492 e. The first-order valence-electron chi connectivity index (χ1n) is 6.70. The van der Waals surface area contributed by atoms with E-state index in [1.165, 1.54) is 0 Å². The lowest BCUT2D eigenvalue weighted by Crippen LogP contribution is -2.45. The smallest absolute Gasteiger partial charge is 0.229 e. The number of fused-ring (bicyclic) bond motifs is 1. The second kappa shape index (κ2) is 6.29.